The van der Waals surface area contributed by atoms with E-state index in [1.165, 1.54) is 12.0 Å². The third-order valence-corrected chi connectivity index (χ3v) is 4.93. The Balaban J connectivity index is 1.76. The number of carbonyl (C=O) groups excluding carboxylic acids is 1. The minimum absolute atomic E-state index is 0.368. The lowest BCUT2D eigenvalue weighted by molar-refractivity contribution is 0.0602. The number of rotatable bonds is 5. The molecule has 1 saturated carbocycles. The predicted octanol–water partition coefficient (Wildman–Crippen LogP) is 3.90. The van der Waals surface area contributed by atoms with Crippen LogP contribution in [0.4, 0.5) is 5.69 Å². The highest BCUT2D eigenvalue weighted by Crippen LogP contribution is 2.30. The number of hydrogen-bond acceptors (Lipinski definition) is 4. The highest BCUT2D eigenvalue weighted by molar-refractivity contribution is 7.80. The second kappa shape index (κ2) is 7.10. The van der Waals surface area contributed by atoms with Crippen molar-refractivity contribution in [1.29, 1.82) is 0 Å². The molecular weight excluding hydrogens is 328 g/mol. The fraction of sp³-hybridized carbons (Fsp3) is 0.294. The molecule has 0 radical (unpaired) electrons. The van der Waals surface area contributed by atoms with Crippen LogP contribution in [-0.2, 0) is 11.3 Å². The number of thiocarbonyl (C=S) groups is 1. The topological polar surface area (TPSA) is 41.6 Å². The van der Waals surface area contributed by atoms with E-state index in [2.05, 4.69) is 21.7 Å². The Hall–Kier alpha value is -1.92. The molecule has 120 valence electrons. The summed E-state index contributed by atoms with van der Waals surface area (Å²) in [5.74, 6) is -0.368. The molecule has 1 aromatic carbocycles. The zero-order valence-corrected chi connectivity index (χ0v) is 14.5. The van der Waals surface area contributed by atoms with Crippen LogP contribution in [0.3, 0.4) is 0 Å². The number of nitrogens with one attached hydrogen (secondary N) is 1. The first-order valence-electron chi connectivity index (χ1n) is 7.46. The van der Waals surface area contributed by atoms with Crippen molar-refractivity contribution < 1.29 is 9.53 Å². The molecular formula is C17H18N2O2S2. The van der Waals surface area contributed by atoms with E-state index in [1.807, 2.05) is 24.3 Å². The van der Waals surface area contributed by atoms with Gasteiger partial charge in [-0.25, -0.2) is 4.79 Å². The van der Waals surface area contributed by atoms with Gasteiger partial charge in [0.25, 0.3) is 0 Å². The van der Waals surface area contributed by atoms with Crippen LogP contribution >= 0.6 is 23.6 Å². The van der Waals surface area contributed by atoms with E-state index < -0.39 is 0 Å². The van der Waals surface area contributed by atoms with Crippen LogP contribution in [0.2, 0.25) is 0 Å². The molecule has 0 spiro atoms. The molecule has 1 aliphatic rings. The summed E-state index contributed by atoms with van der Waals surface area (Å²) in [6.07, 6.45) is 2.32. The van der Waals surface area contributed by atoms with E-state index in [-0.39, 0.29) is 5.97 Å². The second-order valence-corrected chi connectivity index (χ2v) is 6.82. The van der Waals surface area contributed by atoms with E-state index in [9.17, 15) is 4.79 Å². The van der Waals surface area contributed by atoms with Gasteiger partial charge >= 0.3 is 5.97 Å². The first-order chi connectivity index (χ1) is 11.2. The lowest BCUT2D eigenvalue weighted by Gasteiger charge is -2.25. The zero-order valence-electron chi connectivity index (χ0n) is 12.8. The molecule has 0 bridgehead atoms. The van der Waals surface area contributed by atoms with Crippen molar-refractivity contribution in [2.75, 3.05) is 12.4 Å². The third kappa shape index (κ3) is 3.89. The highest BCUT2D eigenvalue weighted by atomic mass is 32.1. The molecule has 0 atom stereocenters. The van der Waals surface area contributed by atoms with E-state index >= 15 is 0 Å². The summed E-state index contributed by atoms with van der Waals surface area (Å²) in [5, 5.41) is 5.94. The van der Waals surface area contributed by atoms with Gasteiger partial charge in [0, 0.05) is 10.9 Å². The van der Waals surface area contributed by atoms with Crippen LogP contribution in [-0.4, -0.2) is 29.1 Å². The number of thiophene rings is 1. The van der Waals surface area contributed by atoms with Crippen molar-refractivity contribution in [3.8, 4) is 0 Å². The van der Waals surface area contributed by atoms with Gasteiger partial charge in [0.15, 0.2) is 5.11 Å². The average Bonchev–Trinajstić information content (AvgIpc) is 3.28. The molecule has 4 nitrogen and oxygen atoms in total. The standard InChI is InChI=1S/C17H18N2O2S2/c1-21-16(20)14-6-2-3-7-15(14)18-17(22)19(12-8-9-12)11-13-5-4-10-23-13/h2-7,10,12H,8-9,11H2,1H3,(H,18,22). The smallest absolute Gasteiger partial charge is 0.339 e. The maximum atomic E-state index is 11.9. The van der Waals surface area contributed by atoms with Crippen molar-refractivity contribution in [2.24, 2.45) is 0 Å². The van der Waals surface area contributed by atoms with E-state index in [4.69, 9.17) is 17.0 Å². The maximum Gasteiger partial charge on any atom is 0.339 e. The van der Waals surface area contributed by atoms with Crippen LogP contribution in [0.25, 0.3) is 0 Å². The van der Waals surface area contributed by atoms with Crippen LogP contribution in [0.15, 0.2) is 41.8 Å². The van der Waals surface area contributed by atoms with Gasteiger partial charge in [0.1, 0.15) is 0 Å². The minimum atomic E-state index is -0.368. The van der Waals surface area contributed by atoms with Crippen LogP contribution in [0.1, 0.15) is 28.1 Å². The molecule has 23 heavy (non-hydrogen) atoms. The van der Waals surface area contributed by atoms with Crippen molar-refractivity contribution in [2.45, 2.75) is 25.4 Å². The van der Waals surface area contributed by atoms with Gasteiger partial charge in [-0.3, -0.25) is 0 Å². The summed E-state index contributed by atoms with van der Waals surface area (Å²) in [7, 11) is 1.38. The molecule has 2 aromatic rings. The second-order valence-electron chi connectivity index (χ2n) is 5.41. The Morgan fingerprint density at radius 1 is 1.35 bits per heavy atom. The van der Waals surface area contributed by atoms with Crippen LogP contribution in [0.5, 0.6) is 0 Å². The number of hydrogen-bond donors (Lipinski definition) is 1. The van der Waals surface area contributed by atoms with E-state index in [0.29, 0.717) is 22.4 Å². The van der Waals surface area contributed by atoms with Gasteiger partial charge in [0.05, 0.1) is 24.9 Å². The number of anilines is 1. The summed E-state index contributed by atoms with van der Waals surface area (Å²) >= 11 is 7.33. The van der Waals surface area contributed by atoms with E-state index in [0.717, 1.165) is 19.4 Å². The summed E-state index contributed by atoms with van der Waals surface area (Å²) in [6, 6.07) is 11.9. The van der Waals surface area contributed by atoms with Gasteiger partial charge in [-0.05, 0) is 48.6 Å². The summed E-state index contributed by atoms with van der Waals surface area (Å²) < 4.78 is 4.83. The van der Waals surface area contributed by atoms with Crippen molar-refractivity contribution in [3.05, 3.63) is 52.2 Å². The first-order valence-corrected chi connectivity index (χ1v) is 8.75. The largest absolute Gasteiger partial charge is 0.465 e. The predicted molar refractivity (Wildman–Crippen MR) is 96.9 cm³/mol. The van der Waals surface area contributed by atoms with Crippen molar-refractivity contribution in [3.63, 3.8) is 0 Å². The fourth-order valence-electron chi connectivity index (χ4n) is 2.39. The van der Waals surface area contributed by atoms with Crippen molar-refractivity contribution >= 4 is 40.3 Å². The molecule has 1 heterocycles. The Morgan fingerprint density at radius 2 is 2.13 bits per heavy atom. The van der Waals surface area contributed by atoms with Crippen molar-refractivity contribution in [1.82, 2.24) is 4.90 Å². The minimum Gasteiger partial charge on any atom is -0.465 e. The number of carbonyl (C=O) groups is 1. The molecule has 1 fully saturated rings. The molecule has 0 amide bonds. The quantitative estimate of drug-likeness (QED) is 0.657. The third-order valence-electron chi connectivity index (χ3n) is 3.73. The highest BCUT2D eigenvalue weighted by Gasteiger charge is 2.31. The molecule has 0 unspecified atom stereocenters. The molecule has 0 saturated heterocycles. The molecule has 1 aliphatic carbocycles. The van der Waals surface area contributed by atoms with Gasteiger partial charge in [-0.1, -0.05) is 18.2 Å². The number of benzene rings is 1. The normalized spacial score (nSPS) is 13.4. The first kappa shape index (κ1) is 16.0. The molecule has 0 aliphatic heterocycles. The Kier molecular flexibility index (Phi) is 4.93. The molecule has 3 rings (SSSR count). The zero-order chi connectivity index (χ0) is 16.2. The number of para-hydroxylation sites is 1. The Morgan fingerprint density at radius 3 is 2.78 bits per heavy atom. The average molecular weight is 346 g/mol. The number of ether oxygens (including phenoxy) is 1. The number of esters is 1. The fourth-order valence-corrected chi connectivity index (χ4v) is 3.42. The molecule has 1 N–H and O–H groups in total. The van der Waals surface area contributed by atoms with E-state index in [1.54, 1.807) is 17.4 Å². The summed E-state index contributed by atoms with van der Waals surface area (Å²) in [6.45, 7) is 0.800. The van der Waals surface area contributed by atoms with Gasteiger partial charge in [-0.15, -0.1) is 11.3 Å². The molecule has 1 aromatic heterocycles. The van der Waals surface area contributed by atoms with Gasteiger partial charge < -0.3 is 15.0 Å². The van der Waals surface area contributed by atoms with Gasteiger partial charge in [-0.2, -0.15) is 0 Å². The van der Waals surface area contributed by atoms with Crippen LogP contribution < -0.4 is 5.32 Å². The lowest BCUT2D eigenvalue weighted by Crippen LogP contribution is -2.36. The SMILES string of the molecule is COC(=O)c1ccccc1NC(=S)N(Cc1cccs1)C1CC1. The summed E-state index contributed by atoms with van der Waals surface area (Å²) in [4.78, 5) is 15.4. The Labute approximate surface area is 145 Å². The number of nitrogens with zero attached hydrogens (tertiary/aromatic N) is 1. The lowest BCUT2D eigenvalue weighted by atomic mass is 10.2. The number of methoxy groups -OCH3 is 1. The van der Waals surface area contributed by atoms with Gasteiger partial charge in [0.2, 0.25) is 0 Å². The summed E-state index contributed by atoms with van der Waals surface area (Å²) in [5.41, 5.74) is 1.17. The molecule has 6 heteroatoms. The Bertz CT molecular complexity index is 696. The van der Waals surface area contributed by atoms with Crippen LogP contribution in [0, 0.1) is 0 Å². The maximum absolute atomic E-state index is 11.9. The monoisotopic (exact) mass is 346 g/mol.